The van der Waals surface area contributed by atoms with Crippen molar-refractivity contribution in [1.29, 1.82) is 0 Å². The number of rotatable bonds is 5. The molecule has 0 unspecified atom stereocenters. The number of carbonyl (C=O) groups excluding carboxylic acids is 1. The van der Waals surface area contributed by atoms with Crippen molar-refractivity contribution in [2.75, 3.05) is 13.1 Å². The first-order chi connectivity index (χ1) is 12.9. The maximum absolute atomic E-state index is 12.7. The van der Waals surface area contributed by atoms with Crippen LogP contribution in [0.1, 0.15) is 42.8 Å². The summed E-state index contributed by atoms with van der Waals surface area (Å²) in [5.41, 5.74) is 0.240. The normalized spacial score (nSPS) is 15.0. The predicted octanol–water partition coefficient (Wildman–Crippen LogP) is 3.42. The van der Waals surface area contributed by atoms with E-state index in [1.165, 1.54) is 6.07 Å². The number of carbonyl (C=O) groups is 1. The molecule has 1 aromatic carbocycles. The molecule has 1 saturated heterocycles. The van der Waals surface area contributed by atoms with Crippen molar-refractivity contribution in [3.63, 3.8) is 0 Å². The Balaban J connectivity index is 1.55. The summed E-state index contributed by atoms with van der Waals surface area (Å²) in [6.45, 7) is 6.89. The molecule has 1 fully saturated rings. The van der Waals surface area contributed by atoms with Gasteiger partial charge in [-0.25, -0.2) is 4.79 Å². The van der Waals surface area contributed by atoms with Gasteiger partial charge >= 0.3 is 5.63 Å². The van der Waals surface area contributed by atoms with Crippen LogP contribution in [0.25, 0.3) is 0 Å². The second-order valence-electron chi connectivity index (χ2n) is 7.02. The predicted molar refractivity (Wildman–Crippen MR) is 101 cm³/mol. The summed E-state index contributed by atoms with van der Waals surface area (Å²) in [6.07, 6.45) is 1.53. The summed E-state index contributed by atoms with van der Waals surface area (Å²) in [7, 11) is 0. The van der Waals surface area contributed by atoms with Crippen LogP contribution in [-0.4, -0.2) is 36.1 Å². The molecule has 0 radical (unpaired) electrons. The monoisotopic (exact) mass is 371 g/mol. The van der Waals surface area contributed by atoms with Crippen molar-refractivity contribution < 1.29 is 18.7 Å². The van der Waals surface area contributed by atoms with E-state index in [1.54, 1.807) is 25.1 Å². The number of hydrogen-bond acceptors (Lipinski definition) is 5. The van der Waals surface area contributed by atoms with Crippen LogP contribution in [0.3, 0.4) is 0 Å². The summed E-state index contributed by atoms with van der Waals surface area (Å²) in [5, 5.41) is 0. The molecule has 2 aromatic rings. The largest absolute Gasteiger partial charge is 0.491 e. The number of hydrogen-bond donors (Lipinski definition) is 0. The molecule has 0 aliphatic carbocycles. The molecule has 1 aromatic heterocycles. The lowest BCUT2D eigenvalue weighted by molar-refractivity contribution is 0.0594. The highest BCUT2D eigenvalue weighted by Crippen LogP contribution is 2.21. The van der Waals surface area contributed by atoms with Gasteiger partial charge in [0.25, 0.3) is 5.91 Å². The Morgan fingerprint density at radius 2 is 1.78 bits per heavy atom. The first kappa shape index (κ1) is 19.0. The fraction of sp³-hybridized carbons (Fsp3) is 0.429. The molecule has 6 nitrogen and oxygen atoms in total. The van der Waals surface area contributed by atoms with Crippen LogP contribution in [0, 0.1) is 6.92 Å². The molecule has 144 valence electrons. The minimum atomic E-state index is -0.414. The summed E-state index contributed by atoms with van der Waals surface area (Å²) in [6, 6.07) is 10.3. The lowest BCUT2D eigenvalue weighted by Gasteiger charge is -2.32. The van der Waals surface area contributed by atoms with Crippen molar-refractivity contribution in [3.8, 4) is 11.5 Å². The quantitative estimate of drug-likeness (QED) is 0.805. The fourth-order valence-corrected chi connectivity index (χ4v) is 3.14. The minimum absolute atomic E-state index is 0.0146. The number of likely N-dealkylation sites (tertiary alicyclic amines) is 1. The molecule has 0 atom stereocenters. The first-order valence-electron chi connectivity index (χ1n) is 9.25. The molecule has 0 saturated carbocycles. The molecule has 1 amide bonds. The topological polar surface area (TPSA) is 69.0 Å². The van der Waals surface area contributed by atoms with E-state index in [0.29, 0.717) is 30.2 Å². The van der Waals surface area contributed by atoms with Gasteiger partial charge in [-0.15, -0.1) is 0 Å². The highest BCUT2D eigenvalue weighted by molar-refractivity contribution is 5.94. The third kappa shape index (κ3) is 5.12. The summed E-state index contributed by atoms with van der Waals surface area (Å²) in [5.74, 6) is 1.82. The Hall–Kier alpha value is -2.76. The summed E-state index contributed by atoms with van der Waals surface area (Å²) < 4.78 is 16.4. The van der Waals surface area contributed by atoms with E-state index < -0.39 is 5.63 Å². The first-order valence-corrected chi connectivity index (χ1v) is 9.25. The third-order valence-electron chi connectivity index (χ3n) is 4.37. The van der Waals surface area contributed by atoms with E-state index in [0.717, 1.165) is 18.6 Å². The van der Waals surface area contributed by atoms with Gasteiger partial charge in [-0.2, -0.15) is 0 Å². The minimum Gasteiger partial charge on any atom is -0.491 e. The van der Waals surface area contributed by atoms with Crippen molar-refractivity contribution >= 4 is 5.91 Å². The molecule has 2 heterocycles. The zero-order chi connectivity index (χ0) is 19.4. The van der Waals surface area contributed by atoms with E-state index in [9.17, 15) is 9.59 Å². The average Bonchev–Trinajstić information content (AvgIpc) is 2.61. The standard InChI is InChI=1S/C21H25NO5/c1-14(2)25-17-6-4-16(5-7-17)21(24)22-10-8-18(9-11-22)27-19-12-15(3)26-20(23)13-19/h4-7,12-14,18H,8-11H2,1-3H3. The van der Waals surface area contributed by atoms with E-state index in [4.69, 9.17) is 13.9 Å². The molecule has 3 rings (SSSR count). The van der Waals surface area contributed by atoms with Crippen molar-refractivity contribution in [2.24, 2.45) is 0 Å². The van der Waals surface area contributed by atoms with Crippen molar-refractivity contribution in [1.82, 2.24) is 4.90 Å². The van der Waals surface area contributed by atoms with Crippen LogP contribution < -0.4 is 15.1 Å². The Morgan fingerprint density at radius 3 is 2.37 bits per heavy atom. The van der Waals surface area contributed by atoms with Crippen LogP contribution in [0.5, 0.6) is 11.5 Å². The zero-order valence-corrected chi connectivity index (χ0v) is 15.9. The number of nitrogens with zero attached hydrogens (tertiary/aromatic N) is 1. The molecule has 27 heavy (non-hydrogen) atoms. The SMILES string of the molecule is Cc1cc(OC2CCN(C(=O)c3ccc(OC(C)C)cc3)CC2)cc(=O)o1. The van der Waals surface area contributed by atoms with Gasteiger partial charge in [0.2, 0.25) is 0 Å². The lowest BCUT2D eigenvalue weighted by Crippen LogP contribution is -2.41. The van der Waals surface area contributed by atoms with Gasteiger partial charge < -0.3 is 18.8 Å². The Kier molecular flexibility index (Phi) is 5.84. The van der Waals surface area contributed by atoms with Gasteiger partial charge in [0, 0.05) is 37.6 Å². The highest BCUT2D eigenvalue weighted by atomic mass is 16.5. The third-order valence-corrected chi connectivity index (χ3v) is 4.37. The molecule has 0 N–H and O–H groups in total. The van der Waals surface area contributed by atoms with Crippen LogP contribution in [0.15, 0.2) is 45.6 Å². The highest BCUT2D eigenvalue weighted by Gasteiger charge is 2.25. The molecule has 1 aliphatic rings. The number of aryl methyl sites for hydroxylation is 1. The van der Waals surface area contributed by atoms with Gasteiger partial charge in [-0.3, -0.25) is 4.79 Å². The molecule has 6 heteroatoms. The second kappa shape index (κ2) is 8.29. The fourth-order valence-electron chi connectivity index (χ4n) is 3.14. The number of ether oxygens (including phenoxy) is 2. The van der Waals surface area contributed by atoms with Gasteiger partial charge in [-0.05, 0) is 45.0 Å². The van der Waals surface area contributed by atoms with Gasteiger partial charge in [0.05, 0.1) is 12.2 Å². The lowest BCUT2D eigenvalue weighted by atomic mass is 10.1. The van der Waals surface area contributed by atoms with Crippen LogP contribution in [0.4, 0.5) is 0 Å². The van der Waals surface area contributed by atoms with Gasteiger partial charge in [0.15, 0.2) is 0 Å². The maximum atomic E-state index is 12.7. The summed E-state index contributed by atoms with van der Waals surface area (Å²) in [4.78, 5) is 25.9. The Bertz CT molecular complexity index is 832. The average molecular weight is 371 g/mol. The molecule has 1 aliphatic heterocycles. The number of piperidine rings is 1. The van der Waals surface area contributed by atoms with Crippen molar-refractivity contribution in [2.45, 2.75) is 45.8 Å². The van der Waals surface area contributed by atoms with Crippen LogP contribution in [-0.2, 0) is 0 Å². The van der Waals surface area contributed by atoms with Crippen molar-refractivity contribution in [3.05, 3.63) is 58.1 Å². The van der Waals surface area contributed by atoms with E-state index in [1.807, 2.05) is 30.9 Å². The number of benzene rings is 1. The maximum Gasteiger partial charge on any atom is 0.339 e. The number of amides is 1. The van der Waals surface area contributed by atoms with Gasteiger partial charge in [-0.1, -0.05) is 0 Å². The molecule has 0 spiro atoms. The van der Waals surface area contributed by atoms with E-state index >= 15 is 0 Å². The Morgan fingerprint density at radius 1 is 1.11 bits per heavy atom. The van der Waals surface area contributed by atoms with E-state index in [-0.39, 0.29) is 18.1 Å². The molecular weight excluding hydrogens is 346 g/mol. The Labute approximate surface area is 158 Å². The molecular formula is C21H25NO5. The van der Waals surface area contributed by atoms with Gasteiger partial charge in [0.1, 0.15) is 23.4 Å². The molecule has 0 bridgehead atoms. The summed E-state index contributed by atoms with van der Waals surface area (Å²) >= 11 is 0. The van der Waals surface area contributed by atoms with E-state index in [2.05, 4.69) is 0 Å². The van der Waals surface area contributed by atoms with Crippen LogP contribution >= 0.6 is 0 Å². The smallest absolute Gasteiger partial charge is 0.339 e. The van der Waals surface area contributed by atoms with Crippen LogP contribution in [0.2, 0.25) is 0 Å². The zero-order valence-electron chi connectivity index (χ0n) is 15.9. The second-order valence-corrected chi connectivity index (χ2v) is 7.02.